The summed E-state index contributed by atoms with van der Waals surface area (Å²) >= 11 is 0. The fourth-order valence-electron chi connectivity index (χ4n) is 1.89. The lowest BCUT2D eigenvalue weighted by Crippen LogP contribution is -2.36. The number of methoxy groups -OCH3 is 1. The first-order valence-electron chi connectivity index (χ1n) is 6.59. The molecule has 102 valence electrons. The predicted octanol–water partition coefficient (Wildman–Crippen LogP) is 2.36. The van der Waals surface area contributed by atoms with Gasteiger partial charge in [0.05, 0.1) is 13.2 Å². The number of hydrogen-bond donors (Lipinski definition) is 2. The lowest BCUT2D eigenvalue weighted by atomic mass is 9.96. The van der Waals surface area contributed by atoms with Crippen LogP contribution >= 0.6 is 0 Å². The van der Waals surface area contributed by atoms with Crippen molar-refractivity contribution in [1.82, 2.24) is 0 Å². The molecule has 3 nitrogen and oxygen atoms in total. The van der Waals surface area contributed by atoms with Gasteiger partial charge in [0.25, 0.3) is 0 Å². The smallest absolute Gasteiger partial charge is 0.118 e. The Kier molecular flexibility index (Phi) is 6.16. The summed E-state index contributed by atoms with van der Waals surface area (Å²) < 4.78 is 5.11. The molecule has 3 N–H and O–H groups in total. The predicted molar refractivity (Wildman–Crippen MR) is 74.8 cm³/mol. The minimum absolute atomic E-state index is 0.197. The third kappa shape index (κ3) is 5.07. The molecule has 18 heavy (non-hydrogen) atoms. The zero-order valence-electron chi connectivity index (χ0n) is 11.6. The summed E-state index contributed by atoms with van der Waals surface area (Å²) in [5.41, 5.74) is 7.16. The maximum Gasteiger partial charge on any atom is 0.118 e. The van der Waals surface area contributed by atoms with Crippen LogP contribution in [0, 0.1) is 5.92 Å². The standard InChI is InChI=1S/C15H25NO2/c1-11(2)4-9-15(17)14(16)10-12-5-7-13(18-3)8-6-12/h5-8,11,14-15,17H,4,9-10,16H2,1-3H3. The average Bonchev–Trinajstić information content (AvgIpc) is 2.36. The third-order valence-electron chi connectivity index (χ3n) is 3.16. The van der Waals surface area contributed by atoms with E-state index >= 15 is 0 Å². The van der Waals surface area contributed by atoms with E-state index < -0.39 is 6.10 Å². The summed E-state index contributed by atoms with van der Waals surface area (Å²) in [7, 11) is 1.65. The van der Waals surface area contributed by atoms with E-state index in [0.29, 0.717) is 12.3 Å². The van der Waals surface area contributed by atoms with Crippen molar-refractivity contribution in [2.45, 2.75) is 45.3 Å². The maximum atomic E-state index is 9.98. The summed E-state index contributed by atoms with van der Waals surface area (Å²) in [6.45, 7) is 4.31. The fourth-order valence-corrected chi connectivity index (χ4v) is 1.89. The van der Waals surface area contributed by atoms with Crippen molar-refractivity contribution in [2.24, 2.45) is 11.7 Å². The Morgan fingerprint density at radius 3 is 2.28 bits per heavy atom. The molecule has 0 radical (unpaired) electrons. The van der Waals surface area contributed by atoms with E-state index in [9.17, 15) is 5.11 Å². The lowest BCUT2D eigenvalue weighted by Gasteiger charge is -2.19. The van der Waals surface area contributed by atoms with Crippen molar-refractivity contribution in [3.05, 3.63) is 29.8 Å². The number of aliphatic hydroxyl groups excluding tert-OH is 1. The van der Waals surface area contributed by atoms with Crippen LogP contribution < -0.4 is 10.5 Å². The molecule has 0 aliphatic heterocycles. The number of aliphatic hydroxyl groups is 1. The van der Waals surface area contributed by atoms with Gasteiger partial charge in [0, 0.05) is 6.04 Å². The van der Waals surface area contributed by atoms with Crippen molar-refractivity contribution in [3.8, 4) is 5.75 Å². The van der Waals surface area contributed by atoms with Gasteiger partial charge in [-0.05, 0) is 42.9 Å². The Morgan fingerprint density at radius 1 is 1.17 bits per heavy atom. The van der Waals surface area contributed by atoms with Crippen LogP contribution in [0.25, 0.3) is 0 Å². The molecule has 0 heterocycles. The van der Waals surface area contributed by atoms with E-state index in [1.807, 2.05) is 24.3 Å². The Labute approximate surface area is 110 Å². The van der Waals surface area contributed by atoms with Crippen molar-refractivity contribution in [2.75, 3.05) is 7.11 Å². The Bertz CT molecular complexity index is 335. The third-order valence-corrected chi connectivity index (χ3v) is 3.16. The van der Waals surface area contributed by atoms with Gasteiger partial charge in [-0.2, -0.15) is 0 Å². The lowest BCUT2D eigenvalue weighted by molar-refractivity contribution is 0.128. The Balaban J connectivity index is 2.44. The molecule has 0 aliphatic carbocycles. The van der Waals surface area contributed by atoms with E-state index in [1.54, 1.807) is 7.11 Å². The second kappa shape index (κ2) is 7.39. The highest BCUT2D eigenvalue weighted by Gasteiger charge is 2.15. The van der Waals surface area contributed by atoms with Crippen molar-refractivity contribution in [3.63, 3.8) is 0 Å². The molecule has 3 heteroatoms. The first-order chi connectivity index (χ1) is 8.52. The van der Waals surface area contributed by atoms with Gasteiger partial charge in [-0.3, -0.25) is 0 Å². The van der Waals surface area contributed by atoms with Gasteiger partial charge in [-0.1, -0.05) is 26.0 Å². The van der Waals surface area contributed by atoms with Gasteiger partial charge in [0.1, 0.15) is 5.75 Å². The van der Waals surface area contributed by atoms with Gasteiger partial charge < -0.3 is 15.6 Å². The maximum absolute atomic E-state index is 9.98. The molecule has 0 aliphatic rings. The van der Waals surface area contributed by atoms with Gasteiger partial charge in [-0.15, -0.1) is 0 Å². The number of ether oxygens (including phenoxy) is 1. The van der Waals surface area contributed by atoms with E-state index in [2.05, 4.69) is 13.8 Å². The highest BCUT2D eigenvalue weighted by atomic mass is 16.5. The van der Waals surface area contributed by atoms with Crippen LogP contribution in [0.4, 0.5) is 0 Å². The Morgan fingerprint density at radius 2 is 1.78 bits per heavy atom. The molecule has 0 bridgehead atoms. The highest BCUT2D eigenvalue weighted by molar-refractivity contribution is 5.27. The summed E-state index contributed by atoms with van der Waals surface area (Å²) in [6.07, 6.45) is 2.06. The number of hydrogen-bond acceptors (Lipinski definition) is 3. The summed E-state index contributed by atoms with van der Waals surface area (Å²) in [4.78, 5) is 0. The highest BCUT2D eigenvalue weighted by Crippen LogP contribution is 2.15. The molecule has 0 amide bonds. The summed E-state index contributed by atoms with van der Waals surface area (Å²) in [5.74, 6) is 1.44. The second-order valence-corrected chi connectivity index (χ2v) is 5.25. The monoisotopic (exact) mass is 251 g/mol. The molecule has 2 unspecified atom stereocenters. The van der Waals surface area contributed by atoms with Gasteiger partial charge in [0.15, 0.2) is 0 Å². The average molecular weight is 251 g/mol. The SMILES string of the molecule is COc1ccc(CC(N)C(O)CCC(C)C)cc1. The van der Waals surface area contributed by atoms with Crippen LogP contribution in [0.15, 0.2) is 24.3 Å². The van der Waals surface area contributed by atoms with E-state index in [1.165, 1.54) is 0 Å². The summed E-state index contributed by atoms with van der Waals surface area (Å²) in [6, 6.07) is 7.63. The largest absolute Gasteiger partial charge is 0.497 e. The first kappa shape index (κ1) is 15.0. The number of nitrogens with two attached hydrogens (primary N) is 1. The molecular formula is C15H25NO2. The zero-order valence-corrected chi connectivity index (χ0v) is 11.6. The van der Waals surface area contributed by atoms with Crippen LogP contribution in [0.2, 0.25) is 0 Å². The molecule has 0 saturated heterocycles. The molecule has 0 aromatic heterocycles. The van der Waals surface area contributed by atoms with Crippen LogP contribution in [0.3, 0.4) is 0 Å². The van der Waals surface area contributed by atoms with Crippen LogP contribution in [0.1, 0.15) is 32.3 Å². The first-order valence-corrected chi connectivity index (χ1v) is 6.59. The zero-order chi connectivity index (χ0) is 13.5. The molecule has 1 rings (SSSR count). The molecule has 0 spiro atoms. The minimum atomic E-state index is -0.422. The molecule has 2 atom stereocenters. The molecule has 0 saturated carbocycles. The Hall–Kier alpha value is -1.06. The van der Waals surface area contributed by atoms with Crippen molar-refractivity contribution in [1.29, 1.82) is 0 Å². The van der Waals surface area contributed by atoms with Crippen molar-refractivity contribution < 1.29 is 9.84 Å². The molecule has 1 aromatic carbocycles. The summed E-state index contributed by atoms with van der Waals surface area (Å²) in [5, 5.41) is 9.98. The second-order valence-electron chi connectivity index (χ2n) is 5.25. The van der Waals surface area contributed by atoms with Crippen LogP contribution in [-0.4, -0.2) is 24.4 Å². The van der Waals surface area contributed by atoms with E-state index in [0.717, 1.165) is 24.2 Å². The molecule has 0 fully saturated rings. The topological polar surface area (TPSA) is 55.5 Å². The molecule has 1 aromatic rings. The van der Waals surface area contributed by atoms with Crippen molar-refractivity contribution >= 4 is 0 Å². The van der Waals surface area contributed by atoms with Crippen LogP contribution in [0.5, 0.6) is 5.75 Å². The van der Waals surface area contributed by atoms with Gasteiger partial charge in [-0.25, -0.2) is 0 Å². The fraction of sp³-hybridized carbons (Fsp3) is 0.600. The normalized spacial score (nSPS) is 14.6. The van der Waals surface area contributed by atoms with Gasteiger partial charge in [0.2, 0.25) is 0 Å². The van der Waals surface area contributed by atoms with Gasteiger partial charge >= 0.3 is 0 Å². The van der Waals surface area contributed by atoms with E-state index in [-0.39, 0.29) is 6.04 Å². The minimum Gasteiger partial charge on any atom is -0.497 e. The number of benzene rings is 1. The van der Waals surface area contributed by atoms with E-state index in [4.69, 9.17) is 10.5 Å². The van der Waals surface area contributed by atoms with Crippen LogP contribution in [-0.2, 0) is 6.42 Å². The quantitative estimate of drug-likeness (QED) is 0.782. The number of rotatable bonds is 7. The molecular weight excluding hydrogens is 226 g/mol.